The fourth-order valence-electron chi connectivity index (χ4n) is 6.96. The van der Waals surface area contributed by atoms with E-state index in [9.17, 15) is 38.4 Å². The molecule has 5 saturated heterocycles. The molecule has 5 aliphatic heterocycles. The van der Waals surface area contributed by atoms with E-state index in [2.05, 4.69) is 86.4 Å². The first-order valence-electron chi connectivity index (χ1n) is 20.2. The first kappa shape index (κ1) is 45.3. The molecule has 22 heteroatoms. The van der Waals surface area contributed by atoms with Gasteiger partial charge in [-0.05, 0) is 53.7 Å². The van der Waals surface area contributed by atoms with Crippen LogP contribution in [0.4, 0.5) is 9.59 Å². The van der Waals surface area contributed by atoms with E-state index in [-0.39, 0.29) is 48.7 Å². The van der Waals surface area contributed by atoms with Crippen molar-refractivity contribution in [2.24, 2.45) is 0 Å². The van der Waals surface area contributed by atoms with Gasteiger partial charge in [-0.3, -0.25) is 57.6 Å². The highest BCUT2D eigenvalue weighted by molar-refractivity contribution is 6.03. The van der Waals surface area contributed by atoms with Crippen LogP contribution in [0.25, 0.3) is 0 Å². The molecule has 0 bridgehead atoms. The van der Waals surface area contributed by atoms with E-state index in [4.69, 9.17) is 4.84 Å². The summed E-state index contributed by atoms with van der Waals surface area (Å²) in [5.74, 6) is -3.65. The molecule has 0 radical (unpaired) electrons. The molecule has 22 nitrogen and oxygen atoms in total. The standard InChI is InChI=1S/C17H25N5O4.C12H22N4.C9H8N2O7/c1-12(2)21-14(10-13(3)18-21)11-19-6-8-20(9-7-19)17(25)26-22-15(23)4-5-16(22)24;1-10(2)16-12(8-11(3)14-16)9-15-6-4-13-5-7-15;12-5-1-2-6(13)10(5)17-9(16)18-11-7(14)3-4-8(11)15/h10,12H,4-9,11H2,1-3H3;8,10,13H,4-7,9H2,1-3H3;1-4H2. The Hall–Kier alpha value is -5.74. The van der Waals surface area contributed by atoms with Gasteiger partial charge in [0.2, 0.25) is 0 Å². The number of nitrogens with one attached hydrogen (secondary N) is 1. The molecule has 5 fully saturated rings. The normalized spacial score (nSPS) is 19.0. The van der Waals surface area contributed by atoms with E-state index in [1.54, 1.807) is 0 Å². The average molecular weight is 842 g/mol. The van der Waals surface area contributed by atoms with Crippen LogP contribution in [-0.2, 0) is 56.4 Å². The summed E-state index contributed by atoms with van der Waals surface area (Å²) in [6, 6.07) is 5.05. The number of hydrogen-bond acceptors (Lipinski definition) is 16. The lowest BCUT2D eigenvalue weighted by atomic mass is 10.2. The van der Waals surface area contributed by atoms with Gasteiger partial charge in [-0.15, -0.1) is 5.06 Å². The topological polar surface area (TPSA) is 231 Å². The molecule has 2 aromatic heterocycles. The Morgan fingerprint density at radius 2 is 0.917 bits per heavy atom. The van der Waals surface area contributed by atoms with Crippen molar-refractivity contribution in [3.8, 4) is 0 Å². The molecular weight excluding hydrogens is 786 g/mol. The number of amides is 7. The SMILES string of the molecule is Cc1cc(CN2CCN(C(=O)ON3C(=O)CCC3=O)CC2)n(C(C)C)n1.Cc1cc(CN2CCNCC2)n(C(C)C)n1.O=C(ON1C(=O)CCC1=O)ON1C(=O)CCC1=O. The van der Waals surface area contributed by atoms with Gasteiger partial charge in [-0.2, -0.15) is 15.0 Å². The predicted octanol–water partition coefficient (Wildman–Crippen LogP) is 1.54. The third-order valence-electron chi connectivity index (χ3n) is 9.98. The minimum absolute atomic E-state index is 0.0618. The summed E-state index contributed by atoms with van der Waals surface area (Å²) in [7, 11) is 0. The van der Waals surface area contributed by atoms with Gasteiger partial charge < -0.3 is 15.1 Å². The fourth-order valence-corrected chi connectivity index (χ4v) is 6.96. The van der Waals surface area contributed by atoms with Crippen LogP contribution < -0.4 is 5.32 Å². The van der Waals surface area contributed by atoms with Gasteiger partial charge in [0.25, 0.3) is 35.4 Å². The van der Waals surface area contributed by atoms with Gasteiger partial charge in [0.05, 0.1) is 22.8 Å². The molecule has 0 saturated carbocycles. The van der Waals surface area contributed by atoms with Crippen LogP contribution in [0, 0.1) is 13.8 Å². The molecule has 0 spiro atoms. The Balaban J connectivity index is 0.000000177. The molecule has 0 aromatic carbocycles. The molecule has 7 rings (SSSR count). The molecule has 7 amide bonds. The summed E-state index contributed by atoms with van der Waals surface area (Å²) in [6.45, 7) is 21.3. The van der Waals surface area contributed by atoms with Gasteiger partial charge in [0.1, 0.15) is 0 Å². The lowest BCUT2D eigenvalue weighted by Crippen LogP contribution is -2.50. The van der Waals surface area contributed by atoms with Crippen molar-refractivity contribution in [3.63, 3.8) is 0 Å². The van der Waals surface area contributed by atoms with Crippen LogP contribution in [0.3, 0.4) is 0 Å². The summed E-state index contributed by atoms with van der Waals surface area (Å²) in [4.78, 5) is 111. The van der Waals surface area contributed by atoms with E-state index in [1.165, 1.54) is 10.6 Å². The summed E-state index contributed by atoms with van der Waals surface area (Å²) in [5.41, 5.74) is 4.62. The quantitative estimate of drug-likeness (QED) is 0.353. The lowest BCUT2D eigenvalue weighted by molar-refractivity contribution is -0.198. The van der Waals surface area contributed by atoms with Crippen LogP contribution in [0.15, 0.2) is 12.1 Å². The monoisotopic (exact) mass is 841 g/mol. The highest BCUT2D eigenvalue weighted by Gasteiger charge is 2.38. The van der Waals surface area contributed by atoms with Crippen molar-refractivity contribution in [3.05, 3.63) is 34.9 Å². The van der Waals surface area contributed by atoms with Gasteiger partial charge in [-0.25, -0.2) is 4.79 Å². The Morgan fingerprint density at radius 3 is 1.28 bits per heavy atom. The number of carbonyl (C=O) groups excluding carboxylic acids is 8. The van der Waals surface area contributed by atoms with Gasteiger partial charge in [-0.1, -0.05) is 10.1 Å². The smallest absolute Gasteiger partial charge is 0.314 e. The van der Waals surface area contributed by atoms with Gasteiger partial charge in [0, 0.05) is 116 Å². The first-order valence-corrected chi connectivity index (χ1v) is 20.2. The van der Waals surface area contributed by atoms with Crippen LogP contribution in [0.1, 0.15) is 101 Å². The van der Waals surface area contributed by atoms with E-state index in [0.717, 1.165) is 56.4 Å². The summed E-state index contributed by atoms with van der Waals surface area (Å²) < 4.78 is 4.18. The molecule has 7 heterocycles. The second-order valence-corrected chi connectivity index (χ2v) is 15.5. The number of hydrogen-bond donors (Lipinski definition) is 1. The number of rotatable bonds is 9. The number of carbonyl (C=O) groups is 8. The molecule has 5 aliphatic rings. The molecule has 0 aliphatic carbocycles. The number of imide groups is 3. The number of piperazine rings is 2. The lowest BCUT2D eigenvalue weighted by Gasteiger charge is -2.34. The maximum absolute atomic E-state index is 12.2. The Morgan fingerprint density at radius 1 is 0.567 bits per heavy atom. The van der Waals surface area contributed by atoms with Crippen molar-refractivity contribution in [2.45, 2.75) is 105 Å². The maximum Gasteiger partial charge on any atom is 0.560 e. The van der Waals surface area contributed by atoms with Crippen LogP contribution >= 0.6 is 0 Å². The summed E-state index contributed by atoms with van der Waals surface area (Å²) >= 11 is 0. The number of aryl methyl sites for hydroxylation is 2. The molecular formula is C38H55N11O11. The van der Waals surface area contributed by atoms with Crippen molar-refractivity contribution >= 4 is 47.7 Å². The third kappa shape index (κ3) is 11.9. The van der Waals surface area contributed by atoms with Crippen molar-refractivity contribution in [1.29, 1.82) is 0 Å². The highest BCUT2D eigenvalue weighted by Crippen LogP contribution is 2.19. The summed E-state index contributed by atoms with van der Waals surface area (Å²) in [5, 5.41) is 13.6. The van der Waals surface area contributed by atoms with E-state index in [1.807, 2.05) is 11.6 Å². The Bertz CT molecular complexity index is 1840. The summed E-state index contributed by atoms with van der Waals surface area (Å²) in [6.07, 6.45) is -2.17. The highest BCUT2D eigenvalue weighted by atomic mass is 16.9. The Labute approximate surface area is 347 Å². The van der Waals surface area contributed by atoms with E-state index in [0.29, 0.717) is 43.3 Å². The largest absolute Gasteiger partial charge is 0.560 e. The Kier molecular flexibility index (Phi) is 15.5. The van der Waals surface area contributed by atoms with E-state index < -0.39 is 47.7 Å². The van der Waals surface area contributed by atoms with Crippen LogP contribution in [0.2, 0.25) is 0 Å². The third-order valence-corrected chi connectivity index (χ3v) is 9.98. The second kappa shape index (κ2) is 20.5. The predicted molar refractivity (Wildman–Crippen MR) is 207 cm³/mol. The van der Waals surface area contributed by atoms with Gasteiger partial charge in [0.15, 0.2) is 0 Å². The van der Waals surface area contributed by atoms with Crippen molar-refractivity contribution < 1.29 is 52.9 Å². The average Bonchev–Trinajstić information content (AvgIpc) is 4.01. The fraction of sp³-hybridized carbons (Fsp3) is 0.632. The zero-order valence-electron chi connectivity index (χ0n) is 35.1. The second-order valence-electron chi connectivity index (χ2n) is 15.5. The van der Waals surface area contributed by atoms with Crippen LogP contribution in [-0.4, -0.2) is 150 Å². The molecule has 1 N–H and O–H groups in total. The minimum Gasteiger partial charge on any atom is -0.314 e. The zero-order valence-corrected chi connectivity index (χ0v) is 35.1. The molecule has 60 heavy (non-hydrogen) atoms. The minimum atomic E-state index is -1.48. The number of aromatic nitrogens is 4. The van der Waals surface area contributed by atoms with Crippen molar-refractivity contribution in [1.82, 2.24) is 54.8 Å². The molecule has 0 unspecified atom stereocenters. The number of nitrogens with zero attached hydrogens (tertiary/aromatic N) is 10. The number of hydroxylamine groups is 6. The first-order chi connectivity index (χ1) is 28.5. The van der Waals surface area contributed by atoms with Crippen molar-refractivity contribution in [2.75, 3.05) is 52.4 Å². The zero-order chi connectivity index (χ0) is 43.7. The molecule has 328 valence electrons. The maximum atomic E-state index is 12.2. The molecule has 0 atom stereocenters. The molecule has 2 aromatic rings. The van der Waals surface area contributed by atoms with Gasteiger partial charge >= 0.3 is 12.2 Å². The van der Waals surface area contributed by atoms with Crippen LogP contribution in [0.5, 0.6) is 0 Å². The van der Waals surface area contributed by atoms with E-state index >= 15 is 0 Å².